The lowest BCUT2D eigenvalue weighted by molar-refractivity contribution is 0.0474. The summed E-state index contributed by atoms with van der Waals surface area (Å²) in [4.78, 5) is 18.3. The van der Waals surface area contributed by atoms with Crippen molar-refractivity contribution in [1.82, 2.24) is 4.98 Å². The molecule has 0 spiro atoms. The summed E-state index contributed by atoms with van der Waals surface area (Å²) in [6.45, 7) is 0.129. The first-order valence-corrected chi connectivity index (χ1v) is 11.6. The third kappa shape index (κ3) is 4.39. The summed E-state index contributed by atoms with van der Waals surface area (Å²) >= 11 is 0. The molecule has 5 rings (SSSR count). The zero-order chi connectivity index (χ0) is 25.1. The van der Waals surface area contributed by atoms with Gasteiger partial charge in [-0.1, -0.05) is 36.4 Å². The van der Waals surface area contributed by atoms with Crippen LogP contribution in [0.2, 0.25) is 0 Å². The lowest BCUT2D eigenvalue weighted by Crippen LogP contribution is -2.10. The maximum absolute atomic E-state index is 13.4. The molecule has 178 valence electrons. The quantitative estimate of drug-likeness (QED) is 0.319. The number of para-hydroxylation sites is 1. The number of allylic oxidation sites excluding steroid dienone is 1. The third-order valence-corrected chi connectivity index (χ3v) is 6.35. The van der Waals surface area contributed by atoms with Gasteiger partial charge >= 0.3 is 5.97 Å². The van der Waals surface area contributed by atoms with Crippen molar-refractivity contribution in [3.8, 4) is 17.6 Å². The van der Waals surface area contributed by atoms with Crippen LogP contribution in [0.15, 0.2) is 66.7 Å². The van der Waals surface area contributed by atoms with E-state index in [0.29, 0.717) is 29.0 Å². The molecule has 6 nitrogen and oxygen atoms in total. The molecule has 0 saturated carbocycles. The Morgan fingerprint density at radius 3 is 2.53 bits per heavy atom. The summed E-state index contributed by atoms with van der Waals surface area (Å²) < 4.78 is 16.5. The summed E-state index contributed by atoms with van der Waals surface area (Å²) in [5, 5.41) is 9.78. The zero-order valence-electron chi connectivity index (χ0n) is 20.1. The largest absolute Gasteiger partial charge is 0.493 e. The lowest BCUT2D eigenvalue weighted by Gasteiger charge is -2.13. The van der Waals surface area contributed by atoms with Crippen molar-refractivity contribution in [2.45, 2.75) is 19.4 Å². The molecule has 0 radical (unpaired) electrons. The van der Waals surface area contributed by atoms with E-state index in [1.54, 1.807) is 38.5 Å². The number of ether oxygens (including phenoxy) is 3. The van der Waals surface area contributed by atoms with Crippen molar-refractivity contribution in [3.05, 3.63) is 100 Å². The number of benzene rings is 3. The Kier molecular flexibility index (Phi) is 6.38. The van der Waals surface area contributed by atoms with E-state index in [1.807, 2.05) is 42.5 Å². The highest BCUT2D eigenvalue weighted by atomic mass is 16.5. The number of nitriles is 1. The van der Waals surface area contributed by atoms with E-state index in [0.717, 1.165) is 45.3 Å². The van der Waals surface area contributed by atoms with Crippen LogP contribution >= 0.6 is 0 Å². The second-order valence-corrected chi connectivity index (χ2v) is 8.50. The molecule has 1 aliphatic rings. The zero-order valence-corrected chi connectivity index (χ0v) is 20.1. The van der Waals surface area contributed by atoms with E-state index in [1.165, 1.54) is 0 Å². The Hall–Kier alpha value is -4.63. The number of methoxy groups -OCH3 is 2. The minimum Gasteiger partial charge on any atom is -0.493 e. The van der Waals surface area contributed by atoms with Crippen LogP contribution in [0.5, 0.6) is 11.5 Å². The molecule has 4 aromatic rings. The van der Waals surface area contributed by atoms with Gasteiger partial charge in [-0.2, -0.15) is 5.26 Å². The van der Waals surface area contributed by atoms with Crippen LogP contribution in [0, 0.1) is 11.3 Å². The maximum Gasteiger partial charge on any atom is 0.339 e. The summed E-state index contributed by atoms with van der Waals surface area (Å²) in [5.41, 5.74) is 6.48. The standard InChI is InChI=1S/C30H24N2O4/c1-34-26-14-11-21(16-27(26)35-2)15-22-12-13-24-28(23-5-3-4-6-25(23)32-29(22)24)30(33)36-18-20-9-7-19(17-31)8-10-20/h3-11,14-16H,12-13,18H2,1-2H3. The van der Waals surface area contributed by atoms with Crippen molar-refractivity contribution < 1.29 is 19.0 Å². The summed E-state index contributed by atoms with van der Waals surface area (Å²) in [6.07, 6.45) is 3.55. The highest BCUT2D eigenvalue weighted by Gasteiger charge is 2.27. The van der Waals surface area contributed by atoms with Gasteiger partial charge < -0.3 is 14.2 Å². The number of carbonyl (C=O) groups is 1. The summed E-state index contributed by atoms with van der Waals surface area (Å²) in [7, 11) is 3.23. The van der Waals surface area contributed by atoms with Crippen molar-refractivity contribution >= 4 is 28.5 Å². The van der Waals surface area contributed by atoms with Gasteiger partial charge in [0.05, 0.1) is 42.6 Å². The summed E-state index contributed by atoms with van der Waals surface area (Å²) in [5.74, 6) is 0.952. The van der Waals surface area contributed by atoms with Crippen molar-refractivity contribution in [2.75, 3.05) is 14.2 Å². The van der Waals surface area contributed by atoms with E-state index in [2.05, 4.69) is 12.1 Å². The van der Waals surface area contributed by atoms with Gasteiger partial charge in [-0.25, -0.2) is 9.78 Å². The van der Waals surface area contributed by atoms with E-state index >= 15 is 0 Å². The number of aromatic nitrogens is 1. The van der Waals surface area contributed by atoms with E-state index in [-0.39, 0.29) is 12.6 Å². The van der Waals surface area contributed by atoms with Gasteiger partial charge in [-0.05, 0) is 71.5 Å². The Bertz CT molecular complexity index is 1530. The Labute approximate surface area is 209 Å². The molecule has 0 unspecified atom stereocenters. The number of hydrogen-bond acceptors (Lipinski definition) is 6. The number of pyridine rings is 1. The molecule has 0 aliphatic heterocycles. The van der Waals surface area contributed by atoms with Crippen molar-refractivity contribution in [2.24, 2.45) is 0 Å². The van der Waals surface area contributed by atoms with Crippen LogP contribution in [0.4, 0.5) is 0 Å². The van der Waals surface area contributed by atoms with Gasteiger partial charge in [0.15, 0.2) is 11.5 Å². The van der Waals surface area contributed by atoms with Crippen LogP contribution in [0.25, 0.3) is 22.6 Å². The van der Waals surface area contributed by atoms with E-state index in [4.69, 9.17) is 24.5 Å². The molecule has 36 heavy (non-hydrogen) atoms. The Morgan fingerprint density at radius 1 is 1.00 bits per heavy atom. The van der Waals surface area contributed by atoms with E-state index in [9.17, 15) is 4.79 Å². The molecule has 1 aliphatic carbocycles. The highest BCUT2D eigenvalue weighted by molar-refractivity contribution is 6.07. The SMILES string of the molecule is COc1ccc(C=C2CCc3c2nc2ccccc2c3C(=O)OCc2ccc(C#N)cc2)cc1OC. The lowest BCUT2D eigenvalue weighted by atomic mass is 10.0. The average molecular weight is 477 g/mol. The van der Waals surface area contributed by atoms with Crippen LogP contribution < -0.4 is 9.47 Å². The minimum absolute atomic E-state index is 0.129. The number of hydrogen-bond donors (Lipinski definition) is 0. The molecule has 0 bridgehead atoms. The molecule has 0 N–H and O–H groups in total. The topological polar surface area (TPSA) is 81.4 Å². The van der Waals surface area contributed by atoms with Gasteiger partial charge in [0.2, 0.25) is 0 Å². The third-order valence-electron chi connectivity index (χ3n) is 6.35. The van der Waals surface area contributed by atoms with Crippen LogP contribution in [-0.2, 0) is 17.8 Å². The number of rotatable bonds is 6. The first kappa shape index (κ1) is 23.1. The second kappa shape index (κ2) is 9.93. The molecule has 0 atom stereocenters. The van der Waals surface area contributed by atoms with Crippen LogP contribution in [0.1, 0.15) is 44.7 Å². The van der Waals surface area contributed by atoms with Crippen LogP contribution in [0.3, 0.4) is 0 Å². The molecular formula is C30H24N2O4. The number of nitrogens with zero attached hydrogens (tertiary/aromatic N) is 2. The first-order valence-electron chi connectivity index (χ1n) is 11.6. The Balaban J connectivity index is 1.51. The molecule has 1 aromatic heterocycles. The average Bonchev–Trinajstić information content (AvgIpc) is 3.32. The molecule has 6 heteroatoms. The van der Waals surface area contributed by atoms with Gasteiger partial charge in [0.1, 0.15) is 6.61 Å². The number of carbonyl (C=O) groups excluding carboxylic acids is 1. The van der Waals surface area contributed by atoms with Gasteiger partial charge in [0.25, 0.3) is 0 Å². The first-order chi connectivity index (χ1) is 17.6. The van der Waals surface area contributed by atoms with Gasteiger partial charge in [-0.15, -0.1) is 0 Å². The molecular weight excluding hydrogens is 452 g/mol. The fraction of sp³-hybridized carbons (Fsp3) is 0.167. The predicted octanol–water partition coefficient (Wildman–Crippen LogP) is 5.97. The number of fused-ring (bicyclic) bond motifs is 2. The smallest absolute Gasteiger partial charge is 0.339 e. The van der Waals surface area contributed by atoms with E-state index < -0.39 is 0 Å². The molecule has 1 heterocycles. The molecule has 0 saturated heterocycles. The second-order valence-electron chi connectivity index (χ2n) is 8.50. The molecule has 0 amide bonds. The van der Waals surface area contributed by atoms with Crippen molar-refractivity contribution in [3.63, 3.8) is 0 Å². The fourth-order valence-electron chi connectivity index (χ4n) is 4.55. The van der Waals surface area contributed by atoms with Gasteiger partial charge in [-0.3, -0.25) is 0 Å². The summed E-state index contributed by atoms with van der Waals surface area (Å²) in [6, 6.07) is 22.5. The van der Waals surface area contributed by atoms with Crippen LogP contribution in [-0.4, -0.2) is 25.2 Å². The highest BCUT2D eigenvalue weighted by Crippen LogP contribution is 2.38. The van der Waals surface area contributed by atoms with Gasteiger partial charge in [0, 0.05) is 5.39 Å². The normalized spacial score (nSPS) is 13.3. The maximum atomic E-state index is 13.4. The predicted molar refractivity (Wildman–Crippen MR) is 138 cm³/mol. The van der Waals surface area contributed by atoms with Crippen molar-refractivity contribution in [1.29, 1.82) is 5.26 Å². The monoisotopic (exact) mass is 476 g/mol. The fourth-order valence-corrected chi connectivity index (χ4v) is 4.55. The minimum atomic E-state index is -0.374. The number of esters is 1. The Morgan fingerprint density at radius 2 is 1.78 bits per heavy atom. The molecule has 0 fully saturated rings. The molecule has 3 aromatic carbocycles.